The van der Waals surface area contributed by atoms with E-state index in [9.17, 15) is 5.11 Å². The van der Waals surface area contributed by atoms with E-state index in [1.54, 1.807) is 0 Å². The van der Waals surface area contributed by atoms with Gasteiger partial charge in [0.25, 0.3) is 0 Å². The first-order chi connectivity index (χ1) is 8.94. The molecular formula is C18H28O. The highest BCUT2D eigenvalue weighted by atomic mass is 16.3. The second kappa shape index (κ2) is 6.09. The van der Waals surface area contributed by atoms with E-state index >= 15 is 0 Å². The zero-order valence-electron chi connectivity index (χ0n) is 12.8. The summed E-state index contributed by atoms with van der Waals surface area (Å²) in [5.41, 5.74) is 3.89. The lowest BCUT2D eigenvalue weighted by Gasteiger charge is -2.34. The maximum absolute atomic E-state index is 10.5. The van der Waals surface area contributed by atoms with E-state index < -0.39 is 0 Å². The van der Waals surface area contributed by atoms with Crippen LogP contribution in [0.5, 0.6) is 0 Å². The van der Waals surface area contributed by atoms with Crippen LogP contribution in [0.25, 0.3) is 0 Å². The van der Waals surface area contributed by atoms with E-state index in [1.807, 2.05) is 0 Å². The summed E-state index contributed by atoms with van der Waals surface area (Å²) in [5, 5.41) is 10.5. The molecule has 0 heterocycles. The molecule has 3 unspecified atom stereocenters. The standard InChI is InChI=1S/C18H28O/c1-12-5-13(2)8-16(7-12)11-18(19)17-9-14(3)6-15(4)10-17/h5,7-8,14-15,17-19H,6,9-11H2,1-4H3. The van der Waals surface area contributed by atoms with Gasteiger partial charge in [-0.25, -0.2) is 0 Å². The number of benzene rings is 1. The van der Waals surface area contributed by atoms with Gasteiger partial charge in [-0.05, 0) is 62.8 Å². The summed E-state index contributed by atoms with van der Waals surface area (Å²) in [6, 6.07) is 6.62. The van der Waals surface area contributed by atoms with Crippen molar-refractivity contribution < 1.29 is 5.11 Å². The molecule has 1 aliphatic rings. The Morgan fingerprint density at radius 1 is 1.00 bits per heavy atom. The van der Waals surface area contributed by atoms with E-state index in [2.05, 4.69) is 45.9 Å². The fourth-order valence-electron chi connectivity index (χ4n) is 3.92. The van der Waals surface area contributed by atoms with Crippen molar-refractivity contribution in [2.75, 3.05) is 0 Å². The SMILES string of the molecule is Cc1cc(C)cc(CC(O)C2CC(C)CC(C)C2)c1. The average Bonchev–Trinajstić information content (AvgIpc) is 2.25. The lowest BCUT2D eigenvalue weighted by molar-refractivity contribution is 0.0561. The van der Waals surface area contributed by atoms with E-state index in [0.717, 1.165) is 18.3 Å². The van der Waals surface area contributed by atoms with Crippen molar-refractivity contribution in [1.82, 2.24) is 0 Å². The number of rotatable bonds is 3. The van der Waals surface area contributed by atoms with Gasteiger partial charge in [-0.2, -0.15) is 0 Å². The summed E-state index contributed by atoms with van der Waals surface area (Å²) in [5.74, 6) is 2.02. The van der Waals surface area contributed by atoms with Crippen LogP contribution in [-0.4, -0.2) is 11.2 Å². The van der Waals surface area contributed by atoms with Crippen LogP contribution in [0, 0.1) is 31.6 Å². The Balaban J connectivity index is 2.01. The van der Waals surface area contributed by atoms with Gasteiger partial charge in [-0.3, -0.25) is 0 Å². The molecule has 1 aromatic carbocycles. The molecule has 0 spiro atoms. The van der Waals surface area contributed by atoms with Crippen LogP contribution in [0.3, 0.4) is 0 Å². The third kappa shape index (κ3) is 4.07. The van der Waals surface area contributed by atoms with Crippen LogP contribution >= 0.6 is 0 Å². The summed E-state index contributed by atoms with van der Waals surface area (Å²) in [6.07, 6.45) is 4.35. The predicted octanol–water partition coefficient (Wildman–Crippen LogP) is 4.28. The van der Waals surface area contributed by atoms with Crippen molar-refractivity contribution in [2.45, 2.75) is 59.5 Å². The third-order valence-corrected chi connectivity index (χ3v) is 4.49. The normalized spacial score (nSPS) is 29.2. The highest BCUT2D eigenvalue weighted by Gasteiger charge is 2.28. The molecule has 0 radical (unpaired) electrons. The topological polar surface area (TPSA) is 20.2 Å². The van der Waals surface area contributed by atoms with E-state index in [4.69, 9.17) is 0 Å². The molecule has 106 valence electrons. The fraction of sp³-hybridized carbons (Fsp3) is 0.667. The van der Waals surface area contributed by atoms with Crippen molar-refractivity contribution in [3.63, 3.8) is 0 Å². The van der Waals surface area contributed by atoms with Gasteiger partial charge in [0.1, 0.15) is 0 Å². The van der Waals surface area contributed by atoms with Gasteiger partial charge in [0.15, 0.2) is 0 Å². The lowest BCUT2D eigenvalue weighted by atomic mass is 9.73. The first kappa shape index (κ1) is 14.6. The minimum Gasteiger partial charge on any atom is -0.392 e. The van der Waals surface area contributed by atoms with Crippen LogP contribution in [0.1, 0.15) is 49.8 Å². The van der Waals surface area contributed by atoms with Crippen LogP contribution in [0.15, 0.2) is 18.2 Å². The molecule has 1 fully saturated rings. The van der Waals surface area contributed by atoms with Gasteiger partial charge >= 0.3 is 0 Å². The molecule has 0 aliphatic heterocycles. The van der Waals surface area contributed by atoms with Gasteiger partial charge in [-0.15, -0.1) is 0 Å². The number of aryl methyl sites for hydroxylation is 2. The van der Waals surface area contributed by atoms with Crippen molar-refractivity contribution in [1.29, 1.82) is 0 Å². The maximum Gasteiger partial charge on any atom is 0.0608 e. The summed E-state index contributed by atoms with van der Waals surface area (Å²) >= 11 is 0. The van der Waals surface area contributed by atoms with Crippen LogP contribution in [0.4, 0.5) is 0 Å². The monoisotopic (exact) mass is 260 g/mol. The van der Waals surface area contributed by atoms with Crippen LogP contribution in [-0.2, 0) is 6.42 Å². The molecule has 0 saturated heterocycles. The Morgan fingerprint density at radius 2 is 1.53 bits per heavy atom. The van der Waals surface area contributed by atoms with Crippen molar-refractivity contribution >= 4 is 0 Å². The molecular weight excluding hydrogens is 232 g/mol. The Kier molecular flexibility index (Phi) is 4.67. The second-order valence-electron chi connectivity index (χ2n) is 6.94. The van der Waals surface area contributed by atoms with Gasteiger partial charge in [0.05, 0.1) is 6.10 Å². The molecule has 1 heteroatoms. The van der Waals surface area contributed by atoms with E-state index in [1.165, 1.54) is 36.0 Å². The number of hydrogen-bond acceptors (Lipinski definition) is 1. The summed E-state index contributed by atoms with van der Waals surface area (Å²) < 4.78 is 0. The Hall–Kier alpha value is -0.820. The van der Waals surface area contributed by atoms with Crippen LogP contribution < -0.4 is 0 Å². The Labute approximate surface area is 118 Å². The van der Waals surface area contributed by atoms with Crippen molar-refractivity contribution in [3.8, 4) is 0 Å². The first-order valence-electron chi connectivity index (χ1n) is 7.69. The predicted molar refractivity (Wildman–Crippen MR) is 81.3 cm³/mol. The molecule has 1 aliphatic carbocycles. The molecule has 0 aromatic heterocycles. The first-order valence-corrected chi connectivity index (χ1v) is 7.69. The molecule has 19 heavy (non-hydrogen) atoms. The van der Waals surface area contributed by atoms with Gasteiger partial charge in [0, 0.05) is 0 Å². The smallest absolute Gasteiger partial charge is 0.0608 e. The lowest BCUT2D eigenvalue weighted by Crippen LogP contribution is -2.30. The largest absolute Gasteiger partial charge is 0.392 e. The van der Waals surface area contributed by atoms with Crippen molar-refractivity contribution in [3.05, 3.63) is 34.9 Å². The zero-order valence-corrected chi connectivity index (χ0v) is 12.8. The minimum absolute atomic E-state index is 0.175. The van der Waals surface area contributed by atoms with E-state index in [-0.39, 0.29) is 6.10 Å². The van der Waals surface area contributed by atoms with E-state index in [0.29, 0.717) is 5.92 Å². The highest BCUT2D eigenvalue weighted by Crippen LogP contribution is 2.35. The fourth-order valence-corrected chi connectivity index (χ4v) is 3.92. The maximum atomic E-state index is 10.5. The molecule has 1 saturated carbocycles. The molecule has 2 rings (SSSR count). The minimum atomic E-state index is -0.175. The third-order valence-electron chi connectivity index (χ3n) is 4.49. The molecule has 1 aromatic rings. The second-order valence-corrected chi connectivity index (χ2v) is 6.94. The van der Waals surface area contributed by atoms with Gasteiger partial charge in [0.2, 0.25) is 0 Å². The summed E-state index contributed by atoms with van der Waals surface area (Å²) in [7, 11) is 0. The average molecular weight is 260 g/mol. The van der Waals surface area contributed by atoms with Gasteiger partial charge in [-0.1, -0.05) is 43.2 Å². The molecule has 3 atom stereocenters. The Bertz CT molecular complexity index is 393. The number of aliphatic hydroxyl groups excluding tert-OH is 1. The number of aliphatic hydroxyl groups is 1. The molecule has 0 amide bonds. The quantitative estimate of drug-likeness (QED) is 0.860. The summed E-state index contributed by atoms with van der Waals surface area (Å²) in [6.45, 7) is 8.92. The summed E-state index contributed by atoms with van der Waals surface area (Å²) in [4.78, 5) is 0. The number of hydrogen-bond donors (Lipinski definition) is 1. The van der Waals surface area contributed by atoms with Gasteiger partial charge < -0.3 is 5.11 Å². The van der Waals surface area contributed by atoms with Crippen LogP contribution in [0.2, 0.25) is 0 Å². The zero-order chi connectivity index (χ0) is 14.0. The molecule has 1 nitrogen and oxygen atoms in total. The highest BCUT2D eigenvalue weighted by molar-refractivity contribution is 5.29. The molecule has 1 N–H and O–H groups in total. The van der Waals surface area contributed by atoms with Crippen molar-refractivity contribution in [2.24, 2.45) is 17.8 Å². The Morgan fingerprint density at radius 3 is 2.05 bits per heavy atom. The molecule has 0 bridgehead atoms.